The van der Waals surface area contributed by atoms with Crippen molar-refractivity contribution in [1.29, 1.82) is 0 Å². The molecule has 0 aromatic heterocycles. The standard InChI is InChI=1S/C27H28ClN3O4/c28-21-7-9-23(10-8-21)33-18-27(32)29-17-24(20-6-11-25-26(16-20)35-19-34-25)31-14-12-30(13-15-31)22-4-2-1-3-5-22/h1-11,16,24H,12-15,17-19H2,(H,29,32)/t24-/m0/s1. The van der Waals surface area contributed by atoms with Crippen LogP contribution in [-0.4, -0.2) is 56.9 Å². The van der Waals surface area contributed by atoms with Crippen molar-refractivity contribution in [1.82, 2.24) is 10.2 Å². The van der Waals surface area contributed by atoms with Crippen molar-refractivity contribution in [3.05, 3.63) is 83.4 Å². The van der Waals surface area contributed by atoms with Crippen LogP contribution in [0.2, 0.25) is 5.02 Å². The minimum absolute atomic E-state index is 0.00176. The predicted octanol–water partition coefficient (Wildman–Crippen LogP) is 4.13. The summed E-state index contributed by atoms with van der Waals surface area (Å²) in [6, 6.07) is 23.4. The lowest BCUT2D eigenvalue weighted by molar-refractivity contribution is -0.123. The first kappa shape index (κ1) is 23.3. The summed E-state index contributed by atoms with van der Waals surface area (Å²) in [5, 5.41) is 3.68. The molecule has 3 aromatic carbocycles. The molecule has 0 spiro atoms. The fourth-order valence-corrected chi connectivity index (χ4v) is 4.58. The fraction of sp³-hybridized carbons (Fsp3) is 0.296. The number of rotatable bonds is 8. The van der Waals surface area contributed by atoms with Gasteiger partial charge in [-0.3, -0.25) is 9.69 Å². The Bertz CT molecular complexity index is 1130. The van der Waals surface area contributed by atoms with Gasteiger partial charge in [0.05, 0.1) is 6.04 Å². The number of amides is 1. The Morgan fingerprint density at radius 3 is 2.46 bits per heavy atom. The SMILES string of the molecule is O=C(COc1ccc(Cl)cc1)NC[C@@H](c1ccc2c(c1)OCO2)N1CCN(c2ccccc2)CC1. The summed E-state index contributed by atoms with van der Waals surface area (Å²) in [5.41, 5.74) is 2.32. The van der Waals surface area contributed by atoms with Gasteiger partial charge in [-0.25, -0.2) is 0 Å². The number of piperazine rings is 1. The van der Waals surface area contributed by atoms with Crippen LogP contribution in [0.15, 0.2) is 72.8 Å². The summed E-state index contributed by atoms with van der Waals surface area (Å²) in [6.07, 6.45) is 0. The van der Waals surface area contributed by atoms with Crippen molar-refractivity contribution in [3.8, 4) is 17.2 Å². The van der Waals surface area contributed by atoms with Crippen molar-refractivity contribution in [3.63, 3.8) is 0 Å². The highest BCUT2D eigenvalue weighted by Crippen LogP contribution is 2.35. The second-order valence-electron chi connectivity index (χ2n) is 8.53. The average molecular weight is 494 g/mol. The van der Waals surface area contributed by atoms with Gasteiger partial charge in [0.2, 0.25) is 6.79 Å². The van der Waals surface area contributed by atoms with E-state index in [2.05, 4.69) is 45.4 Å². The monoisotopic (exact) mass is 493 g/mol. The van der Waals surface area contributed by atoms with Crippen molar-refractivity contribution >= 4 is 23.2 Å². The molecule has 1 fully saturated rings. The summed E-state index contributed by atoms with van der Waals surface area (Å²) in [6.45, 7) is 4.23. The first-order valence-corrected chi connectivity index (χ1v) is 12.1. The Hall–Kier alpha value is -3.42. The molecule has 2 aliphatic heterocycles. The number of fused-ring (bicyclic) bond motifs is 1. The Balaban J connectivity index is 1.24. The third-order valence-electron chi connectivity index (χ3n) is 6.33. The minimum atomic E-state index is -0.173. The molecule has 35 heavy (non-hydrogen) atoms. The quantitative estimate of drug-likeness (QED) is 0.509. The van der Waals surface area contributed by atoms with E-state index >= 15 is 0 Å². The number of nitrogens with one attached hydrogen (secondary N) is 1. The number of nitrogens with zero attached hydrogens (tertiary/aromatic N) is 2. The molecular formula is C27H28ClN3O4. The number of benzene rings is 3. The molecule has 1 N–H and O–H groups in total. The van der Waals surface area contributed by atoms with Crippen LogP contribution in [0.3, 0.4) is 0 Å². The molecule has 7 nitrogen and oxygen atoms in total. The van der Waals surface area contributed by atoms with Gasteiger partial charge in [-0.15, -0.1) is 0 Å². The second-order valence-corrected chi connectivity index (χ2v) is 8.97. The minimum Gasteiger partial charge on any atom is -0.484 e. The van der Waals surface area contributed by atoms with Gasteiger partial charge < -0.3 is 24.4 Å². The number of para-hydroxylation sites is 1. The maximum absolute atomic E-state index is 12.6. The van der Waals surface area contributed by atoms with Crippen molar-refractivity contribution < 1.29 is 19.0 Å². The van der Waals surface area contributed by atoms with Gasteiger partial charge in [0.15, 0.2) is 18.1 Å². The summed E-state index contributed by atoms with van der Waals surface area (Å²) >= 11 is 5.91. The van der Waals surface area contributed by atoms with Crippen LogP contribution in [0.25, 0.3) is 0 Å². The van der Waals surface area contributed by atoms with Crippen molar-refractivity contribution in [2.75, 3.05) is 51.0 Å². The molecule has 0 aliphatic carbocycles. The van der Waals surface area contributed by atoms with Crippen molar-refractivity contribution in [2.45, 2.75) is 6.04 Å². The molecule has 2 heterocycles. The normalized spacial score (nSPS) is 16.1. The Morgan fingerprint density at radius 1 is 0.943 bits per heavy atom. The van der Waals surface area contributed by atoms with Gasteiger partial charge in [-0.1, -0.05) is 35.9 Å². The maximum atomic E-state index is 12.6. The molecule has 0 saturated carbocycles. The van der Waals surface area contributed by atoms with Gasteiger partial charge in [-0.05, 0) is 54.1 Å². The number of anilines is 1. The van der Waals surface area contributed by atoms with Gasteiger partial charge in [-0.2, -0.15) is 0 Å². The molecule has 1 atom stereocenters. The Morgan fingerprint density at radius 2 is 1.69 bits per heavy atom. The van der Waals surface area contributed by atoms with Crippen LogP contribution >= 0.6 is 11.6 Å². The number of hydrogen-bond acceptors (Lipinski definition) is 6. The van der Waals surface area contributed by atoms with Crippen LogP contribution in [0.4, 0.5) is 5.69 Å². The molecule has 3 aromatic rings. The van der Waals surface area contributed by atoms with E-state index < -0.39 is 0 Å². The average Bonchev–Trinajstić information content (AvgIpc) is 3.37. The molecule has 182 valence electrons. The molecule has 0 unspecified atom stereocenters. The second kappa shape index (κ2) is 10.9. The van der Waals surface area contributed by atoms with Crippen LogP contribution in [-0.2, 0) is 4.79 Å². The van der Waals surface area contributed by atoms with E-state index in [0.717, 1.165) is 43.2 Å². The molecule has 5 rings (SSSR count). The van der Waals surface area contributed by atoms with E-state index in [1.165, 1.54) is 5.69 Å². The number of carbonyl (C=O) groups is 1. The maximum Gasteiger partial charge on any atom is 0.258 e. The third-order valence-corrected chi connectivity index (χ3v) is 6.59. The fourth-order valence-electron chi connectivity index (χ4n) is 4.45. The molecule has 1 amide bonds. The zero-order valence-corrected chi connectivity index (χ0v) is 20.1. The van der Waals surface area contributed by atoms with Crippen LogP contribution < -0.4 is 24.4 Å². The van der Waals surface area contributed by atoms with Crippen LogP contribution in [0.5, 0.6) is 17.2 Å². The van der Waals surface area contributed by atoms with E-state index in [9.17, 15) is 4.79 Å². The highest BCUT2D eigenvalue weighted by atomic mass is 35.5. The van der Waals surface area contributed by atoms with E-state index in [-0.39, 0.29) is 25.3 Å². The Kier molecular flexibility index (Phi) is 7.25. The summed E-state index contributed by atoms with van der Waals surface area (Å²) in [5.74, 6) is 1.93. The number of hydrogen-bond donors (Lipinski definition) is 1. The first-order valence-electron chi connectivity index (χ1n) is 11.7. The molecule has 0 bridgehead atoms. The van der Waals surface area contributed by atoms with Crippen LogP contribution in [0, 0.1) is 0 Å². The van der Waals surface area contributed by atoms with Crippen molar-refractivity contribution in [2.24, 2.45) is 0 Å². The Labute approximate surface area is 210 Å². The van der Waals surface area contributed by atoms with E-state index in [0.29, 0.717) is 17.3 Å². The van der Waals surface area contributed by atoms with E-state index in [1.54, 1.807) is 24.3 Å². The summed E-state index contributed by atoms with van der Waals surface area (Å²) in [7, 11) is 0. The lowest BCUT2D eigenvalue weighted by Crippen LogP contribution is -2.50. The van der Waals surface area contributed by atoms with Gasteiger partial charge in [0, 0.05) is 43.4 Å². The van der Waals surface area contributed by atoms with Crippen LogP contribution in [0.1, 0.15) is 11.6 Å². The summed E-state index contributed by atoms with van der Waals surface area (Å²) < 4.78 is 16.7. The number of ether oxygens (including phenoxy) is 3. The zero-order chi connectivity index (χ0) is 24.0. The van der Waals surface area contributed by atoms with Gasteiger partial charge >= 0.3 is 0 Å². The van der Waals surface area contributed by atoms with Gasteiger partial charge in [0.1, 0.15) is 5.75 Å². The third kappa shape index (κ3) is 5.81. The molecule has 2 aliphatic rings. The van der Waals surface area contributed by atoms with E-state index in [4.69, 9.17) is 25.8 Å². The highest BCUT2D eigenvalue weighted by molar-refractivity contribution is 6.30. The van der Waals surface area contributed by atoms with E-state index in [1.807, 2.05) is 18.2 Å². The number of halogens is 1. The first-order chi connectivity index (χ1) is 17.2. The topological polar surface area (TPSA) is 63.3 Å². The largest absolute Gasteiger partial charge is 0.484 e. The highest BCUT2D eigenvalue weighted by Gasteiger charge is 2.27. The molecule has 8 heteroatoms. The molecular weight excluding hydrogens is 466 g/mol. The zero-order valence-electron chi connectivity index (χ0n) is 19.4. The van der Waals surface area contributed by atoms with Gasteiger partial charge in [0.25, 0.3) is 5.91 Å². The molecule has 1 saturated heterocycles. The predicted molar refractivity (Wildman–Crippen MR) is 135 cm³/mol. The lowest BCUT2D eigenvalue weighted by atomic mass is 10.0. The smallest absolute Gasteiger partial charge is 0.258 e. The number of carbonyl (C=O) groups excluding carboxylic acids is 1. The molecule has 0 radical (unpaired) electrons. The summed E-state index contributed by atoms with van der Waals surface area (Å²) in [4.78, 5) is 17.4. The lowest BCUT2D eigenvalue weighted by Gasteiger charge is -2.40.